The van der Waals surface area contributed by atoms with E-state index in [1.54, 1.807) is 6.20 Å². The van der Waals surface area contributed by atoms with Crippen LogP contribution in [0.4, 0.5) is 0 Å². The zero-order chi connectivity index (χ0) is 16.1. The molecule has 1 amide bonds. The average Bonchev–Trinajstić information content (AvgIpc) is 3.19. The smallest absolute Gasteiger partial charge is 0.220 e. The van der Waals surface area contributed by atoms with Crippen LogP contribution in [0.3, 0.4) is 0 Å². The van der Waals surface area contributed by atoms with Crippen LogP contribution in [0.2, 0.25) is 0 Å². The molecule has 0 radical (unpaired) electrons. The molecule has 23 heavy (non-hydrogen) atoms. The van der Waals surface area contributed by atoms with E-state index in [-0.39, 0.29) is 5.91 Å². The van der Waals surface area contributed by atoms with Crippen molar-refractivity contribution in [1.29, 1.82) is 0 Å². The Balaban J connectivity index is 1.42. The molecule has 0 aliphatic rings. The molecule has 0 spiro atoms. The highest BCUT2D eigenvalue weighted by Gasteiger charge is 2.08. The first-order valence-electron chi connectivity index (χ1n) is 7.88. The van der Waals surface area contributed by atoms with Crippen molar-refractivity contribution in [3.8, 4) is 0 Å². The predicted molar refractivity (Wildman–Crippen MR) is 88.8 cm³/mol. The Labute approximate surface area is 134 Å². The minimum atomic E-state index is 0.0535. The van der Waals surface area contributed by atoms with Gasteiger partial charge in [-0.2, -0.15) is 5.10 Å². The Hall–Kier alpha value is -2.63. The van der Waals surface area contributed by atoms with Crippen molar-refractivity contribution in [2.45, 2.75) is 26.3 Å². The predicted octanol–water partition coefficient (Wildman–Crippen LogP) is 2.14. The van der Waals surface area contributed by atoms with E-state index < -0.39 is 0 Å². The van der Waals surface area contributed by atoms with Crippen LogP contribution in [0.15, 0.2) is 42.7 Å². The van der Waals surface area contributed by atoms with Crippen molar-refractivity contribution in [3.05, 3.63) is 48.5 Å². The lowest BCUT2D eigenvalue weighted by molar-refractivity contribution is -0.121. The lowest BCUT2D eigenvalue weighted by atomic mass is 10.2. The Morgan fingerprint density at radius 1 is 1.35 bits per heavy atom. The topological polar surface area (TPSA) is 75.6 Å². The molecule has 1 aromatic carbocycles. The SMILES string of the molecule is CC(CNC(=O)CCc1nc2ccccc2[nH]1)Cn1cccn1. The number of fused-ring (bicyclic) bond motifs is 1. The number of benzene rings is 1. The Kier molecular flexibility index (Phi) is 4.71. The normalized spacial score (nSPS) is 12.4. The van der Waals surface area contributed by atoms with E-state index in [4.69, 9.17) is 0 Å². The van der Waals surface area contributed by atoms with Gasteiger partial charge in [0.15, 0.2) is 0 Å². The van der Waals surface area contributed by atoms with Gasteiger partial charge in [0.25, 0.3) is 0 Å². The second kappa shape index (κ2) is 7.09. The number of carbonyl (C=O) groups excluding carboxylic acids is 1. The van der Waals surface area contributed by atoms with Gasteiger partial charge in [0.1, 0.15) is 5.82 Å². The number of para-hydroxylation sites is 2. The first-order chi connectivity index (χ1) is 11.2. The summed E-state index contributed by atoms with van der Waals surface area (Å²) in [5.74, 6) is 1.24. The molecule has 0 saturated heterocycles. The maximum atomic E-state index is 12.0. The Morgan fingerprint density at radius 3 is 3.00 bits per heavy atom. The number of nitrogens with zero attached hydrogens (tertiary/aromatic N) is 3. The molecule has 1 atom stereocenters. The van der Waals surface area contributed by atoms with Crippen LogP contribution in [0, 0.1) is 5.92 Å². The number of aromatic nitrogens is 4. The van der Waals surface area contributed by atoms with E-state index in [9.17, 15) is 4.79 Å². The van der Waals surface area contributed by atoms with Crippen molar-refractivity contribution >= 4 is 16.9 Å². The lowest BCUT2D eigenvalue weighted by Gasteiger charge is -2.12. The maximum Gasteiger partial charge on any atom is 0.220 e. The summed E-state index contributed by atoms with van der Waals surface area (Å²) in [7, 11) is 0. The van der Waals surface area contributed by atoms with E-state index in [1.807, 2.05) is 41.2 Å². The van der Waals surface area contributed by atoms with E-state index in [2.05, 4.69) is 27.3 Å². The molecule has 120 valence electrons. The number of hydrogen-bond acceptors (Lipinski definition) is 3. The summed E-state index contributed by atoms with van der Waals surface area (Å²) in [5, 5.41) is 7.15. The number of hydrogen-bond donors (Lipinski definition) is 2. The molecule has 2 aromatic heterocycles. The number of carbonyl (C=O) groups is 1. The van der Waals surface area contributed by atoms with Crippen LogP contribution in [-0.4, -0.2) is 32.2 Å². The van der Waals surface area contributed by atoms with Gasteiger partial charge in [0.2, 0.25) is 5.91 Å². The molecule has 0 aliphatic carbocycles. The highest BCUT2D eigenvalue weighted by Crippen LogP contribution is 2.11. The van der Waals surface area contributed by atoms with E-state index in [0.717, 1.165) is 23.4 Å². The minimum absolute atomic E-state index is 0.0535. The molecular weight excluding hydrogens is 290 g/mol. The molecule has 2 heterocycles. The van der Waals surface area contributed by atoms with Gasteiger partial charge in [-0.1, -0.05) is 19.1 Å². The van der Waals surface area contributed by atoms with Gasteiger partial charge in [0.05, 0.1) is 11.0 Å². The van der Waals surface area contributed by atoms with Crippen LogP contribution >= 0.6 is 0 Å². The van der Waals surface area contributed by atoms with Gasteiger partial charge in [-0.05, 0) is 24.1 Å². The summed E-state index contributed by atoms with van der Waals surface area (Å²) in [6, 6.07) is 9.78. The first-order valence-corrected chi connectivity index (χ1v) is 7.88. The summed E-state index contributed by atoms with van der Waals surface area (Å²) >= 11 is 0. The lowest BCUT2D eigenvalue weighted by Crippen LogP contribution is -2.30. The number of H-pyrrole nitrogens is 1. The van der Waals surface area contributed by atoms with Gasteiger partial charge >= 0.3 is 0 Å². The maximum absolute atomic E-state index is 12.0. The molecule has 3 aromatic rings. The van der Waals surface area contributed by atoms with E-state index in [1.165, 1.54) is 0 Å². The first kappa shape index (κ1) is 15.3. The van der Waals surface area contributed by atoms with Gasteiger partial charge in [-0.15, -0.1) is 0 Å². The quantitative estimate of drug-likeness (QED) is 0.702. The summed E-state index contributed by atoms with van der Waals surface area (Å²) in [6.45, 7) is 3.55. The molecule has 0 saturated carbocycles. The van der Waals surface area contributed by atoms with Crippen LogP contribution in [0.5, 0.6) is 0 Å². The number of imidazole rings is 1. The zero-order valence-corrected chi connectivity index (χ0v) is 13.2. The second-order valence-electron chi connectivity index (χ2n) is 5.84. The summed E-state index contributed by atoms with van der Waals surface area (Å²) in [4.78, 5) is 19.7. The summed E-state index contributed by atoms with van der Waals surface area (Å²) in [5.41, 5.74) is 1.95. The number of amides is 1. The number of nitrogens with one attached hydrogen (secondary N) is 2. The van der Waals surface area contributed by atoms with Crippen molar-refractivity contribution in [2.75, 3.05) is 6.54 Å². The van der Waals surface area contributed by atoms with Crippen LogP contribution in [-0.2, 0) is 17.8 Å². The number of aromatic amines is 1. The average molecular weight is 311 g/mol. The Morgan fingerprint density at radius 2 is 2.22 bits per heavy atom. The molecule has 2 N–H and O–H groups in total. The standard InChI is InChI=1S/C17H21N5O/c1-13(12-22-10-4-9-19-22)11-18-17(23)8-7-16-20-14-5-2-3-6-15(14)21-16/h2-6,9-10,13H,7-8,11-12H2,1H3,(H,18,23)(H,20,21). The highest BCUT2D eigenvalue weighted by molar-refractivity contribution is 5.77. The fourth-order valence-electron chi connectivity index (χ4n) is 2.52. The largest absolute Gasteiger partial charge is 0.356 e. The van der Waals surface area contributed by atoms with Crippen molar-refractivity contribution in [2.24, 2.45) is 5.92 Å². The molecule has 0 bridgehead atoms. The molecule has 0 aliphatic heterocycles. The van der Waals surface area contributed by atoms with E-state index in [0.29, 0.717) is 25.3 Å². The summed E-state index contributed by atoms with van der Waals surface area (Å²) < 4.78 is 1.88. The molecule has 3 rings (SSSR count). The summed E-state index contributed by atoms with van der Waals surface area (Å²) in [6.07, 6.45) is 4.75. The molecular formula is C17H21N5O. The van der Waals surface area contributed by atoms with Crippen molar-refractivity contribution in [1.82, 2.24) is 25.1 Å². The third-order valence-corrected chi connectivity index (χ3v) is 3.73. The highest BCUT2D eigenvalue weighted by atomic mass is 16.1. The monoisotopic (exact) mass is 311 g/mol. The van der Waals surface area contributed by atoms with Crippen LogP contribution in [0.25, 0.3) is 11.0 Å². The third-order valence-electron chi connectivity index (χ3n) is 3.73. The van der Waals surface area contributed by atoms with Crippen LogP contribution < -0.4 is 5.32 Å². The molecule has 6 nitrogen and oxygen atoms in total. The molecule has 6 heteroatoms. The van der Waals surface area contributed by atoms with Gasteiger partial charge in [-0.25, -0.2) is 4.98 Å². The zero-order valence-electron chi connectivity index (χ0n) is 13.2. The molecule has 1 unspecified atom stereocenters. The number of rotatable bonds is 7. The van der Waals surface area contributed by atoms with Gasteiger partial charge in [0, 0.05) is 38.3 Å². The Bertz CT molecular complexity index is 729. The van der Waals surface area contributed by atoms with Crippen molar-refractivity contribution in [3.63, 3.8) is 0 Å². The number of aryl methyl sites for hydroxylation is 1. The second-order valence-corrected chi connectivity index (χ2v) is 5.84. The van der Waals surface area contributed by atoms with Gasteiger partial charge < -0.3 is 10.3 Å². The van der Waals surface area contributed by atoms with Crippen molar-refractivity contribution < 1.29 is 4.79 Å². The third kappa shape index (κ3) is 4.18. The molecule has 0 fully saturated rings. The van der Waals surface area contributed by atoms with E-state index >= 15 is 0 Å². The fraction of sp³-hybridized carbons (Fsp3) is 0.353. The van der Waals surface area contributed by atoms with Crippen LogP contribution in [0.1, 0.15) is 19.2 Å². The fourth-order valence-corrected chi connectivity index (χ4v) is 2.52. The van der Waals surface area contributed by atoms with Gasteiger partial charge in [-0.3, -0.25) is 9.48 Å². The minimum Gasteiger partial charge on any atom is -0.356 e.